The lowest BCUT2D eigenvalue weighted by Gasteiger charge is -2.01. The van der Waals surface area contributed by atoms with Gasteiger partial charge in [-0.3, -0.25) is 0 Å². The maximum atomic E-state index is 3.47. The summed E-state index contributed by atoms with van der Waals surface area (Å²) >= 11 is 12.6. The molecule has 100 valence electrons. The molecule has 3 unspecified atom stereocenters. The number of benzene rings is 1. The summed E-state index contributed by atoms with van der Waals surface area (Å²) in [6.07, 6.45) is 3.75. The molecule has 1 rings (SSSR count). The van der Waals surface area contributed by atoms with E-state index in [9.17, 15) is 0 Å². The van der Waals surface area contributed by atoms with Gasteiger partial charge in [-0.25, -0.2) is 0 Å². The molecular weight excluding hydrogens is 533 g/mol. The number of hydrogen-bond acceptors (Lipinski definition) is 0. The lowest BCUT2D eigenvalue weighted by Crippen LogP contribution is -1.92. The highest BCUT2D eigenvalue weighted by molar-refractivity contribution is 9.37. The lowest BCUT2D eigenvalue weighted by molar-refractivity contribution is 0.806. The average Bonchev–Trinajstić information content (AvgIpc) is 2.44. The van der Waals surface area contributed by atoms with Crippen LogP contribution in [0.2, 0.25) is 0 Å². The summed E-state index contributed by atoms with van der Waals surface area (Å²) in [6.45, 7) is 0. The van der Waals surface area contributed by atoms with Crippen LogP contribution in [0.5, 0.6) is 0 Å². The van der Waals surface area contributed by atoms with Crippen LogP contribution in [0.4, 0.5) is 0 Å². The van der Waals surface area contributed by atoms with Gasteiger partial charge in [0.1, 0.15) is 0 Å². The second-order valence-corrected chi connectivity index (χ2v) is 5.69. The predicted molar refractivity (Wildman–Crippen MR) is 107 cm³/mol. The number of halogens is 4. The Morgan fingerprint density at radius 1 is 0.941 bits per heavy atom. The third-order valence-corrected chi connectivity index (χ3v) is 4.40. The molecule has 0 bridgehead atoms. The standard InChI is InChI=1S/C10H13Br2P.2BrH2P/c11-8-2-1-3-9-4-6-10(13-12)7-5-9;2*1-2/h4-7,13H,1-3,8H2;2*2H2. The van der Waals surface area contributed by atoms with Crippen LogP contribution < -0.4 is 5.30 Å². The molecule has 1 aromatic rings. The highest BCUT2D eigenvalue weighted by atomic mass is 79.9. The molecule has 17 heavy (non-hydrogen) atoms. The number of unbranched alkanes of at least 4 members (excludes halogenated alkanes) is 1. The average molecular weight is 550 g/mol. The van der Waals surface area contributed by atoms with Crippen LogP contribution in [0.1, 0.15) is 18.4 Å². The van der Waals surface area contributed by atoms with Crippen LogP contribution in [0.25, 0.3) is 0 Å². The summed E-state index contributed by atoms with van der Waals surface area (Å²) in [6, 6.07) is 8.88. The molecule has 0 nitrogen and oxygen atoms in total. The third-order valence-electron chi connectivity index (χ3n) is 1.91. The van der Waals surface area contributed by atoms with Gasteiger partial charge in [-0.1, -0.05) is 103 Å². The van der Waals surface area contributed by atoms with Crippen molar-refractivity contribution >= 4 is 90.9 Å². The molecule has 0 fully saturated rings. The molecule has 0 spiro atoms. The Morgan fingerprint density at radius 2 is 1.47 bits per heavy atom. The van der Waals surface area contributed by atoms with Crippen LogP contribution in [0, 0.1) is 0 Å². The van der Waals surface area contributed by atoms with Gasteiger partial charge in [-0.15, -0.1) is 0 Å². The van der Waals surface area contributed by atoms with Gasteiger partial charge in [0.2, 0.25) is 0 Å². The van der Waals surface area contributed by atoms with Crippen LogP contribution >= 0.6 is 85.6 Å². The summed E-state index contributed by atoms with van der Waals surface area (Å²) in [5.74, 6) is 0. The van der Waals surface area contributed by atoms with Gasteiger partial charge in [-0.05, 0) is 37.4 Å². The molecule has 0 saturated carbocycles. The maximum absolute atomic E-state index is 3.47. The van der Waals surface area contributed by atoms with Gasteiger partial charge >= 0.3 is 0 Å². The molecule has 0 saturated heterocycles. The summed E-state index contributed by atoms with van der Waals surface area (Å²) in [5, 5.41) is 2.50. The quantitative estimate of drug-likeness (QED) is 0.228. The van der Waals surface area contributed by atoms with Crippen molar-refractivity contribution in [2.75, 3.05) is 5.33 Å². The van der Waals surface area contributed by atoms with E-state index in [1.807, 2.05) is 0 Å². The van der Waals surface area contributed by atoms with Crippen LogP contribution in [0.15, 0.2) is 24.3 Å². The summed E-state index contributed by atoms with van der Waals surface area (Å²) in [5.41, 5.74) is 1.45. The van der Waals surface area contributed by atoms with Crippen LogP contribution in [-0.2, 0) is 6.42 Å². The van der Waals surface area contributed by atoms with Crippen molar-refractivity contribution in [2.45, 2.75) is 19.3 Å². The molecule has 3 atom stereocenters. The van der Waals surface area contributed by atoms with Gasteiger partial charge in [0.25, 0.3) is 0 Å². The van der Waals surface area contributed by atoms with E-state index in [0.29, 0.717) is 0 Å². The molecule has 0 aliphatic rings. The van der Waals surface area contributed by atoms with Gasteiger partial charge in [-0.2, -0.15) is 0 Å². The molecule has 0 aliphatic heterocycles. The fourth-order valence-corrected chi connectivity index (χ4v) is 2.64. The number of hydrogen-bond donors (Lipinski definition) is 0. The zero-order chi connectivity index (χ0) is 13.5. The van der Waals surface area contributed by atoms with Gasteiger partial charge in [0.15, 0.2) is 0 Å². The number of alkyl halides is 1. The molecule has 0 heterocycles. The van der Waals surface area contributed by atoms with Crippen molar-refractivity contribution in [1.29, 1.82) is 0 Å². The Kier molecular flexibility index (Phi) is 23.6. The fourth-order valence-electron chi connectivity index (χ4n) is 1.16. The number of rotatable bonds is 5. The minimum Gasteiger partial charge on any atom is -0.0928 e. The zero-order valence-corrected chi connectivity index (χ0v) is 19.0. The molecule has 7 heteroatoms. The van der Waals surface area contributed by atoms with Crippen molar-refractivity contribution in [1.82, 2.24) is 0 Å². The smallest absolute Gasteiger partial charge is 0.00314 e. The Labute approximate surface area is 144 Å². The number of aryl methyl sites for hydroxylation is 1. The summed E-state index contributed by atoms with van der Waals surface area (Å²) in [4.78, 5) is 0. The zero-order valence-electron chi connectivity index (χ0n) is 9.30. The van der Waals surface area contributed by atoms with E-state index in [2.05, 4.69) is 103 Å². The third kappa shape index (κ3) is 13.2. The Bertz CT molecular complexity index is 244. The van der Waals surface area contributed by atoms with Crippen molar-refractivity contribution < 1.29 is 0 Å². The molecule has 0 radical (unpaired) electrons. The van der Waals surface area contributed by atoms with Crippen LogP contribution in [-0.4, -0.2) is 5.33 Å². The fraction of sp³-hybridized carbons (Fsp3) is 0.400. The SMILES string of the molecule is BrCCCCc1ccc(PBr)cc1.PBr.PBr. The molecule has 0 aliphatic carbocycles. The molecule has 1 aromatic carbocycles. The normalized spacial score (nSPS) is 9.29. The highest BCUT2D eigenvalue weighted by Gasteiger charge is 1.93. The van der Waals surface area contributed by atoms with Crippen molar-refractivity contribution in [3.05, 3.63) is 29.8 Å². The van der Waals surface area contributed by atoms with Crippen molar-refractivity contribution in [3.8, 4) is 0 Å². The van der Waals surface area contributed by atoms with E-state index < -0.39 is 0 Å². The van der Waals surface area contributed by atoms with E-state index in [0.717, 1.165) is 12.6 Å². The topological polar surface area (TPSA) is 0 Å². The molecule has 0 amide bonds. The molecule has 0 aromatic heterocycles. The van der Waals surface area contributed by atoms with Crippen LogP contribution in [0.3, 0.4) is 0 Å². The second-order valence-electron chi connectivity index (χ2n) is 2.94. The summed E-state index contributed by atoms with van der Waals surface area (Å²) < 4.78 is 0. The van der Waals surface area contributed by atoms with Gasteiger partial charge < -0.3 is 0 Å². The first-order valence-corrected chi connectivity index (χ1v) is 15.6. The first kappa shape index (κ1) is 21.7. The second kappa shape index (κ2) is 18.4. The van der Waals surface area contributed by atoms with E-state index in [1.54, 1.807) is 0 Å². The lowest BCUT2D eigenvalue weighted by atomic mass is 10.1. The van der Waals surface area contributed by atoms with E-state index in [1.165, 1.54) is 30.1 Å². The monoisotopic (exact) mass is 546 g/mol. The molecular formula is C10H17Br4P3. The maximum Gasteiger partial charge on any atom is 0.00314 e. The Morgan fingerprint density at radius 3 is 1.88 bits per heavy atom. The first-order chi connectivity index (χ1) is 8.36. The summed E-state index contributed by atoms with van der Waals surface area (Å²) in [7, 11) is 5.19. The minimum absolute atomic E-state index is 0.734. The largest absolute Gasteiger partial charge is 0.0928 e. The predicted octanol–water partition coefficient (Wildman–Crippen LogP) is 6.36. The van der Waals surface area contributed by atoms with Crippen molar-refractivity contribution in [3.63, 3.8) is 0 Å². The van der Waals surface area contributed by atoms with E-state index in [-0.39, 0.29) is 0 Å². The van der Waals surface area contributed by atoms with E-state index in [4.69, 9.17) is 0 Å². The van der Waals surface area contributed by atoms with Gasteiger partial charge in [0.05, 0.1) is 0 Å². The highest BCUT2D eigenvalue weighted by Crippen LogP contribution is 2.18. The van der Waals surface area contributed by atoms with E-state index >= 15 is 0 Å². The van der Waals surface area contributed by atoms with Crippen molar-refractivity contribution in [2.24, 2.45) is 0 Å². The Hall–Kier alpha value is 2.43. The molecule has 0 N–H and O–H groups in total. The van der Waals surface area contributed by atoms with Gasteiger partial charge in [0, 0.05) is 5.33 Å². The first-order valence-electron chi connectivity index (χ1n) is 4.82. The minimum atomic E-state index is 0.734. The Balaban J connectivity index is 0.